The van der Waals surface area contributed by atoms with Crippen LogP contribution in [0.3, 0.4) is 0 Å². The van der Waals surface area contributed by atoms with Gasteiger partial charge < -0.3 is 9.73 Å². The standard InChI is InChI=1S/C40H27NO/c1-2-10-27(11-3-1)33-17-7-12-29-13-8-18-34(39(29)33)28-22-24-31(25-23-28)41-32-15-6-14-30(26-32)35-19-9-20-37-36-16-4-5-21-38(36)42-40(35)37/h1-26,41H. The molecule has 42 heavy (non-hydrogen) atoms. The average molecular weight is 538 g/mol. The summed E-state index contributed by atoms with van der Waals surface area (Å²) in [5, 5.41) is 8.42. The van der Waals surface area contributed by atoms with Crippen molar-refractivity contribution in [2.45, 2.75) is 0 Å². The summed E-state index contributed by atoms with van der Waals surface area (Å²) in [6.07, 6.45) is 0. The molecular formula is C40H27NO. The monoisotopic (exact) mass is 537 g/mol. The number of hydrogen-bond donors (Lipinski definition) is 1. The molecule has 0 atom stereocenters. The van der Waals surface area contributed by atoms with E-state index in [1.54, 1.807) is 0 Å². The Hall–Kier alpha value is -5.60. The molecule has 1 heterocycles. The number of para-hydroxylation sites is 2. The van der Waals surface area contributed by atoms with Gasteiger partial charge >= 0.3 is 0 Å². The molecule has 8 rings (SSSR count). The van der Waals surface area contributed by atoms with Crippen LogP contribution < -0.4 is 5.32 Å². The molecule has 0 radical (unpaired) electrons. The Morgan fingerprint density at radius 2 is 1.02 bits per heavy atom. The summed E-state index contributed by atoms with van der Waals surface area (Å²) >= 11 is 0. The molecule has 0 aliphatic carbocycles. The van der Waals surface area contributed by atoms with E-state index in [0.717, 1.165) is 44.4 Å². The number of nitrogens with one attached hydrogen (secondary N) is 1. The summed E-state index contributed by atoms with van der Waals surface area (Å²) in [5.74, 6) is 0. The van der Waals surface area contributed by atoms with Crippen LogP contribution in [0, 0.1) is 0 Å². The summed E-state index contributed by atoms with van der Waals surface area (Å²) in [5.41, 5.74) is 11.0. The first-order valence-corrected chi connectivity index (χ1v) is 14.3. The van der Waals surface area contributed by atoms with Crippen LogP contribution >= 0.6 is 0 Å². The largest absolute Gasteiger partial charge is 0.455 e. The van der Waals surface area contributed by atoms with E-state index in [9.17, 15) is 0 Å². The first kappa shape index (κ1) is 24.2. The van der Waals surface area contributed by atoms with Gasteiger partial charge in [-0.05, 0) is 68.9 Å². The van der Waals surface area contributed by atoms with Gasteiger partial charge in [-0.1, -0.05) is 127 Å². The SMILES string of the molecule is c1ccc(-c2cccc3cccc(-c4ccc(Nc5cccc(-c6cccc7c6oc6ccccc67)c5)cc4)c23)cc1. The smallest absolute Gasteiger partial charge is 0.143 e. The molecule has 2 nitrogen and oxygen atoms in total. The van der Waals surface area contributed by atoms with Crippen LogP contribution in [0.2, 0.25) is 0 Å². The maximum absolute atomic E-state index is 6.30. The molecule has 0 spiro atoms. The highest BCUT2D eigenvalue weighted by Gasteiger charge is 2.13. The fraction of sp³-hybridized carbons (Fsp3) is 0. The second-order valence-electron chi connectivity index (χ2n) is 10.6. The minimum absolute atomic E-state index is 0.913. The molecule has 1 N–H and O–H groups in total. The fourth-order valence-electron chi connectivity index (χ4n) is 6.08. The second-order valence-corrected chi connectivity index (χ2v) is 10.6. The average Bonchev–Trinajstić information content (AvgIpc) is 3.44. The first-order chi connectivity index (χ1) is 20.8. The number of rotatable bonds is 5. The number of fused-ring (bicyclic) bond motifs is 4. The van der Waals surface area contributed by atoms with Crippen molar-refractivity contribution in [1.82, 2.24) is 0 Å². The quantitative estimate of drug-likeness (QED) is 0.236. The zero-order valence-electron chi connectivity index (χ0n) is 22.9. The lowest BCUT2D eigenvalue weighted by atomic mass is 9.91. The third-order valence-electron chi connectivity index (χ3n) is 8.05. The normalized spacial score (nSPS) is 11.3. The van der Waals surface area contributed by atoms with Crippen molar-refractivity contribution in [2.75, 3.05) is 5.32 Å². The van der Waals surface area contributed by atoms with E-state index in [4.69, 9.17) is 4.42 Å². The Morgan fingerprint density at radius 1 is 0.405 bits per heavy atom. The van der Waals surface area contributed by atoms with Gasteiger partial charge in [-0.15, -0.1) is 0 Å². The molecule has 2 heteroatoms. The number of hydrogen-bond acceptors (Lipinski definition) is 2. The molecule has 0 amide bonds. The second kappa shape index (κ2) is 10.1. The van der Waals surface area contributed by atoms with Crippen LogP contribution in [0.15, 0.2) is 162 Å². The van der Waals surface area contributed by atoms with Crippen LogP contribution in [-0.2, 0) is 0 Å². The van der Waals surface area contributed by atoms with E-state index in [-0.39, 0.29) is 0 Å². The first-order valence-electron chi connectivity index (χ1n) is 14.3. The highest BCUT2D eigenvalue weighted by Crippen LogP contribution is 2.38. The minimum atomic E-state index is 0.913. The maximum atomic E-state index is 6.30. The topological polar surface area (TPSA) is 25.2 Å². The Balaban J connectivity index is 1.12. The van der Waals surface area contributed by atoms with Crippen molar-refractivity contribution >= 4 is 44.1 Å². The zero-order valence-corrected chi connectivity index (χ0v) is 22.9. The van der Waals surface area contributed by atoms with E-state index < -0.39 is 0 Å². The predicted molar refractivity (Wildman–Crippen MR) is 177 cm³/mol. The van der Waals surface area contributed by atoms with E-state index in [2.05, 4.69) is 151 Å². The third-order valence-corrected chi connectivity index (χ3v) is 8.05. The molecular weight excluding hydrogens is 510 g/mol. The van der Waals surface area contributed by atoms with Crippen molar-refractivity contribution in [3.05, 3.63) is 158 Å². The van der Waals surface area contributed by atoms with Crippen molar-refractivity contribution in [2.24, 2.45) is 0 Å². The minimum Gasteiger partial charge on any atom is -0.455 e. The summed E-state index contributed by atoms with van der Waals surface area (Å²) < 4.78 is 6.30. The van der Waals surface area contributed by atoms with E-state index in [1.807, 2.05) is 12.1 Å². The van der Waals surface area contributed by atoms with Crippen molar-refractivity contribution in [3.63, 3.8) is 0 Å². The Kier molecular flexibility index (Phi) is 5.82. The van der Waals surface area contributed by atoms with Gasteiger partial charge in [-0.25, -0.2) is 0 Å². The van der Waals surface area contributed by atoms with Gasteiger partial charge in [0.1, 0.15) is 11.2 Å². The Bertz CT molecular complexity index is 2200. The van der Waals surface area contributed by atoms with Crippen LogP contribution in [-0.4, -0.2) is 0 Å². The van der Waals surface area contributed by atoms with E-state index >= 15 is 0 Å². The van der Waals surface area contributed by atoms with Gasteiger partial charge in [0.05, 0.1) is 0 Å². The molecule has 198 valence electrons. The molecule has 8 aromatic rings. The van der Waals surface area contributed by atoms with Crippen LogP contribution in [0.4, 0.5) is 11.4 Å². The van der Waals surface area contributed by atoms with Gasteiger partial charge in [-0.3, -0.25) is 0 Å². The lowest BCUT2D eigenvalue weighted by Gasteiger charge is -2.14. The third kappa shape index (κ3) is 4.22. The van der Waals surface area contributed by atoms with Crippen molar-refractivity contribution in [3.8, 4) is 33.4 Å². The summed E-state index contributed by atoms with van der Waals surface area (Å²) in [7, 11) is 0. The molecule has 1 aromatic heterocycles. The lowest BCUT2D eigenvalue weighted by molar-refractivity contribution is 0.670. The molecule has 0 aliphatic rings. The van der Waals surface area contributed by atoms with Gasteiger partial charge in [0.15, 0.2) is 0 Å². The van der Waals surface area contributed by atoms with E-state index in [1.165, 1.54) is 33.0 Å². The summed E-state index contributed by atoms with van der Waals surface area (Å²) in [4.78, 5) is 0. The highest BCUT2D eigenvalue weighted by molar-refractivity contribution is 6.10. The number of anilines is 2. The molecule has 7 aromatic carbocycles. The maximum Gasteiger partial charge on any atom is 0.143 e. The molecule has 0 fully saturated rings. The van der Waals surface area contributed by atoms with Gasteiger partial charge in [0, 0.05) is 27.7 Å². The molecule has 0 saturated carbocycles. The summed E-state index contributed by atoms with van der Waals surface area (Å²) in [6.45, 7) is 0. The van der Waals surface area contributed by atoms with Gasteiger partial charge in [0.25, 0.3) is 0 Å². The predicted octanol–water partition coefficient (Wildman–Crippen LogP) is 11.5. The summed E-state index contributed by atoms with van der Waals surface area (Å²) in [6, 6.07) is 55.6. The van der Waals surface area contributed by atoms with Crippen LogP contribution in [0.25, 0.3) is 66.1 Å². The zero-order chi connectivity index (χ0) is 27.9. The van der Waals surface area contributed by atoms with Crippen LogP contribution in [0.1, 0.15) is 0 Å². The van der Waals surface area contributed by atoms with Crippen molar-refractivity contribution < 1.29 is 4.42 Å². The fourth-order valence-corrected chi connectivity index (χ4v) is 6.08. The highest BCUT2D eigenvalue weighted by atomic mass is 16.3. The molecule has 0 saturated heterocycles. The Labute approximate surface area is 244 Å². The van der Waals surface area contributed by atoms with Gasteiger partial charge in [-0.2, -0.15) is 0 Å². The van der Waals surface area contributed by atoms with Crippen molar-refractivity contribution in [1.29, 1.82) is 0 Å². The van der Waals surface area contributed by atoms with Gasteiger partial charge in [0.2, 0.25) is 0 Å². The molecule has 0 unspecified atom stereocenters. The van der Waals surface area contributed by atoms with Crippen LogP contribution in [0.5, 0.6) is 0 Å². The number of benzene rings is 7. The lowest BCUT2D eigenvalue weighted by Crippen LogP contribution is -1.91. The molecule has 0 bridgehead atoms. The van der Waals surface area contributed by atoms with E-state index in [0.29, 0.717) is 0 Å². The Morgan fingerprint density at radius 3 is 1.83 bits per heavy atom. The molecule has 0 aliphatic heterocycles. The number of furan rings is 1.